The third kappa shape index (κ3) is 1.33. The molecule has 1 aromatic carbocycles. The molecule has 0 saturated carbocycles. The molecule has 0 bridgehead atoms. The van der Waals surface area contributed by atoms with Gasteiger partial charge in [0, 0.05) is 5.56 Å². The van der Waals surface area contributed by atoms with Crippen molar-refractivity contribution in [3.63, 3.8) is 0 Å². The van der Waals surface area contributed by atoms with Gasteiger partial charge in [-0.1, -0.05) is 0 Å². The molecule has 0 spiro atoms. The minimum atomic E-state index is -0.169. The van der Waals surface area contributed by atoms with Gasteiger partial charge in [0.25, 0.3) is 0 Å². The summed E-state index contributed by atoms with van der Waals surface area (Å²) in [6, 6.07) is 6.92. The quantitative estimate of drug-likeness (QED) is 0.668. The maximum absolute atomic E-state index is 13.2. The Morgan fingerprint density at radius 3 is 2.50 bits per heavy atom. The highest BCUT2D eigenvalue weighted by Crippen LogP contribution is 2.26. The molecule has 0 radical (unpaired) electrons. The summed E-state index contributed by atoms with van der Waals surface area (Å²) in [5, 5.41) is 0. The molecular formula is C12H11FO. The van der Waals surface area contributed by atoms with Crippen molar-refractivity contribution in [2.45, 2.75) is 13.8 Å². The topological polar surface area (TPSA) is 13.1 Å². The van der Waals surface area contributed by atoms with Gasteiger partial charge in [-0.15, -0.1) is 0 Å². The van der Waals surface area contributed by atoms with E-state index in [1.807, 2.05) is 19.1 Å². The second kappa shape index (κ2) is 3.29. The first kappa shape index (κ1) is 9.00. The highest BCUT2D eigenvalue weighted by atomic mass is 19.1. The van der Waals surface area contributed by atoms with E-state index in [1.165, 1.54) is 6.07 Å². The van der Waals surface area contributed by atoms with Crippen molar-refractivity contribution >= 4 is 0 Å². The standard InChI is InChI=1S/C12H11FO/c1-8-9(2)11(13)6-5-10(8)12-4-3-7-14-12/h3-7H,1-2H3. The van der Waals surface area contributed by atoms with E-state index in [0.29, 0.717) is 5.56 Å². The zero-order chi connectivity index (χ0) is 10.1. The summed E-state index contributed by atoms with van der Waals surface area (Å²) < 4.78 is 18.4. The van der Waals surface area contributed by atoms with E-state index in [-0.39, 0.29) is 5.82 Å². The van der Waals surface area contributed by atoms with E-state index in [1.54, 1.807) is 19.3 Å². The highest BCUT2D eigenvalue weighted by molar-refractivity contribution is 5.63. The van der Waals surface area contributed by atoms with Crippen LogP contribution in [0.3, 0.4) is 0 Å². The molecule has 72 valence electrons. The smallest absolute Gasteiger partial charge is 0.134 e. The average Bonchev–Trinajstić information content (AvgIpc) is 2.67. The van der Waals surface area contributed by atoms with Crippen LogP contribution >= 0.6 is 0 Å². The van der Waals surface area contributed by atoms with Crippen LogP contribution in [0.25, 0.3) is 11.3 Å². The van der Waals surface area contributed by atoms with Crippen LogP contribution in [0.1, 0.15) is 11.1 Å². The van der Waals surface area contributed by atoms with E-state index in [4.69, 9.17) is 4.42 Å². The Balaban J connectivity index is 2.61. The number of furan rings is 1. The minimum Gasteiger partial charge on any atom is -0.464 e. The fraction of sp³-hybridized carbons (Fsp3) is 0.167. The number of hydrogen-bond donors (Lipinski definition) is 0. The maximum Gasteiger partial charge on any atom is 0.134 e. The first-order chi connectivity index (χ1) is 6.70. The first-order valence-corrected chi connectivity index (χ1v) is 4.49. The van der Waals surface area contributed by atoms with Crippen LogP contribution in [0.4, 0.5) is 4.39 Å². The Morgan fingerprint density at radius 1 is 1.07 bits per heavy atom. The van der Waals surface area contributed by atoms with Crippen molar-refractivity contribution in [1.29, 1.82) is 0 Å². The molecular weight excluding hydrogens is 179 g/mol. The van der Waals surface area contributed by atoms with Crippen molar-refractivity contribution in [2.75, 3.05) is 0 Å². The third-order valence-corrected chi connectivity index (χ3v) is 2.51. The van der Waals surface area contributed by atoms with Crippen molar-refractivity contribution in [1.82, 2.24) is 0 Å². The zero-order valence-electron chi connectivity index (χ0n) is 8.17. The lowest BCUT2D eigenvalue weighted by atomic mass is 10.0. The second-order valence-electron chi connectivity index (χ2n) is 3.32. The predicted octanol–water partition coefficient (Wildman–Crippen LogP) is 3.70. The largest absolute Gasteiger partial charge is 0.464 e. The summed E-state index contributed by atoms with van der Waals surface area (Å²) in [6.07, 6.45) is 1.62. The molecule has 0 amide bonds. The fourth-order valence-corrected chi connectivity index (χ4v) is 1.49. The van der Waals surface area contributed by atoms with Gasteiger partial charge in [-0.3, -0.25) is 0 Å². The molecule has 0 aliphatic rings. The summed E-state index contributed by atoms with van der Waals surface area (Å²) in [6.45, 7) is 3.67. The molecule has 1 aromatic heterocycles. The van der Waals surface area contributed by atoms with Crippen LogP contribution in [-0.4, -0.2) is 0 Å². The van der Waals surface area contributed by atoms with E-state index in [9.17, 15) is 4.39 Å². The van der Waals surface area contributed by atoms with Crippen molar-refractivity contribution in [3.05, 3.63) is 47.5 Å². The van der Waals surface area contributed by atoms with E-state index < -0.39 is 0 Å². The van der Waals surface area contributed by atoms with Crippen molar-refractivity contribution < 1.29 is 8.81 Å². The van der Waals surface area contributed by atoms with Gasteiger partial charge < -0.3 is 4.42 Å². The molecule has 0 atom stereocenters. The van der Waals surface area contributed by atoms with Crippen LogP contribution in [0.15, 0.2) is 34.9 Å². The summed E-state index contributed by atoms with van der Waals surface area (Å²) in [7, 11) is 0. The van der Waals surface area contributed by atoms with Gasteiger partial charge in [0.15, 0.2) is 0 Å². The lowest BCUT2D eigenvalue weighted by Crippen LogP contribution is -1.90. The molecule has 0 aliphatic carbocycles. The van der Waals surface area contributed by atoms with Gasteiger partial charge in [0.05, 0.1) is 6.26 Å². The third-order valence-electron chi connectivity index (χ3n) is 2.51. The summed E-state index contributed by atoms with van der Waals surface area (Å²) in [5.74, 6) is 0.614. The molecule has 2 heteroatoms. The molecule has 1 heterocycles. The molecule has 14 heavy (non-hydrogen) atoms. The predicted molar refractivity (Wildman–Crippen MR) is 53.6 cm³/mol. The second-order valence-corrected chi connectivity index (χ2v) is 3.32. The molecule has 2 rings (SSSR count). The van der Waals surface area contributed by atoms with Crippen LogP contribution in [0.2, 0.25) is 0 Å². The number of halogens is 1. The number of benzene rings is 1. The molecule has 0 unspecified atom stereocenters. The van der Waals surface area contributed by atoms with Gasteiger partial charge in [0.1, 0.15) is 11.6 Å². The van der Waals surface area contributed by atoms with Gasteiger partial charge in [-0.05, 0) is 49.2 Å². The van der Waals surface area contributed by atoms with Gasteiger partial charge >= 0.3 is 0 Å². The SMILES string of the molecule is Cc1c(F)ccc(-c2ccco2)c1C. The van der Waals surface area contributed by atoms with Crippen LogP contribution in [0.5, 0.6) is 0 Å². The summed E-state index contributed by atoms with van der Waals surface area (Å²) >= 11 is 0. The lowest BCUT2D eigenvalue weighted by molar-refractivity contribution is 0.580. The minimum absolute atomic E-state index is 0.169. The Bertz CT molecular complexity index is 444. The molecule has 1 nitrogen and oxygen atoms in total. The van der Waals surface area contributed by atoms with E-state index in [2.05, 4.69) is 0 Å². The van der Waals surface area contributed by atoms with Gasteiger partial charge in [0.2, 0.25) is 0 Å². The Labute approximate surface area is 82.2 Å². The average molecular weight is 190 g/mol. The summed E-state index contributed by atoms with van der Waals surface area (Å²) in [5.41, 5.74) is 2.56. The Hall–Kier alpha value is -1.57. The van der Waals surface area contributed by atoms with E-state index in [0.717, 1.165) is 16.9 Å². The summed E-state index contributed by atoms with van der Waals surface area (Å²) in [4.78, 5) is 0. The molecule has 0 fully saturated rings. The fourth-order valence-electron chi connectivity index (χ4n) is 1.49. The Kier molecular flexibility index (Phi) is 2.12. The van der Waals surface area contributed by atoms with E-state index >= 15 is 0 Å². The molecule has 0 aliphatic heterocycles. The monoisotopic (exact) mass is 190 g/mol. The number of rotatable bonds is 1. The Morgan fingerprint density at radius 2 is 1.86 bits per heavy atom. The zero-order valence-corrected chi connectivity index (χ0v) is 8.17. The van der Waals surface area contributed by atoms with Crippen LogP contribution < -0.4 is 0 Å². The highest BCUT2D eigenvalue weighted by Gasteiger charge is 2.09. The molecule has 0 N–H and O–H groups in total. The maximum atomic E-state index is 13.2. The van der Waals surface area contributed by atoms with Crippen molar-refractivity contribution in [2.24, 2.45) is 0 Å². The first-order valence-electron chi connectivity index (χ1n) is 4.49. The lowest BCUT2D eigenvalue weighted by Gasteiger charge is -2.06. The van der Waals surface area contributed by atoms with Crippen LogP contribution in [-0.2, 0) is 0 Å². The van der Waals surface area contributed by atoms with Gasteiger partial charge in [-0.2, -0.15) is 0 Å². The molecule has 2 aromatic rings. The van der Waals surface area contributed by atoms with Crippen LogP contribution in [0, 0.1) is 19.7 Å². The molecule has 0 saturated heterocycles. The van der Waals surface area contributed by atoms with Gasteiger partial charge in [-0.25, -0.2) is 4.39 Å². The normalized spacial score (nSPS) is 10.5. The number of hydrogen-bond acceptors (Lipinski definition) is 1. The van der Waals surface area contributed by atoms with Crippen molar-refractivity contribution in [3.8, 4) is 11.3 Å².